The van der Waals surface area contributed by atoms with Crippen molar-refractivity contribution in [3.63, 3.8) is 0 Å². The van der Waals surface area contributed by atoms with Crippen LogP contribution in [0.3, 0.4) is 0 Å². The number of nitrogens with zero attached hydrogens (tertiary/aromatic N) is 5. The Labute approximate surface area is 275 Å². The zero-order chi connectivity index (χ0) is 30.2. The molecular formula is C33H38Br2ClN5O2. The van der Waals surface area contributed by atoms with Crippen LogP contribution in [0.2, 0.25) is 5.02 Å². The summed E-state index contributed by atoms with van der Waals surface area (Å²) in [4.78, 5) is 39.6. The molecule has 0 unspecified atom stereocenters. The molecule has 43 heavy (non-hydrogen) atoms. The molecule has 7 nitrogen and oxygen atoms in total. The van der Waals surface area contributed by atoms with E-state index in [1.54, 1.807) is 6.33 Å². The third-order valence-corrected chi connectivity index (χ3v) is 11.2. The number of piperidine rings is 2. The molecule has 228 valence electrons. The van der Waals surface area contributed by atoms with E-state index in [9.17, 15) is 9.59 Å². The fourth-order valence-electron chi connectivity index (χ4n) is 7.22. The summed E-state index contributed by atoms with van der Waals surface area (Å²) in [6.45, 7) is 7.26. The first kappa shape index (κ1) is 30.8. The van der Waals surface area contributed by atoms with Crippen molar-refractivity contribution in [2.75, 3.05) is 26.2 Å². The van der Waals surface area contributed by atoms with E-state index >= 15 is 0 Å². The minimum absolute atomic E-state index is 0.129. The molecule has 2 aliphatic heterocycles. The van der Waals surface area contributed by atoms with Crippen molar-refractivity contribution in [2.24, 2.45) is 11.8 Å². The van der Waals surface area contributed by atoms with E-state index in [4.69, 9.17) is 16.6 Å². The Hall–Kier alpha value is -2.23. The van der Waals surface area contributed by atoms with E-state index in [-0.39, 0.29) is 17.7 Å². The summed E-state index contributed by atoms with van der Waals surface area (Å²) in [7, 11) is 0. The van der Waals surface area contributed by atoms with Gasteiger partial charge in [-0.15, -0.1) is 0 Å². The number of rotatable bonds is 5. The van der Waals surface area contributed by atoms with Gasteiger partial charge in [-0.3, -0.25) is 14.6 Å². The summed E-state index contributed by atoms with van der Waals surface area (Å²) in [5.41, 5.74) is 7.04. The molecule has 6 rings (SSSR count). The summed E-state index contributed by atoms with van der Waals surface area (Å²) < 4.78 is 3.98. The van der Waals surface area contributed by atoms with Gasteiger partial charge in [0.1, 0.15) is 6.54 Å². The van der Waals surface area contributed by atoms with Crippen LogP contribution in [0.5, 0.6) is 0 Å². The first-order valence-electron chi connectivity index (χ1n) is 15.3. The van der Waals surface area contributed by atoms with Crippen LogP contribution >= 0.6 is 43.5 Å². The number of imidazole rings is 1. The van der Waals surface area contributed by atoms with Crippen LogP contribution in [0.4, 0.5) is 0 Å². The number of pyridine rings is 1. The van der Waals surface area contributed by atoms with Gasteiger partial charge in [0, 0.05) is 64.4 Å². The number of benzene rings is 1. The molecule has 10 heteroatoms. The van der Waals surface area contributed by atoms with E-state index in [2.05, 4.69) is 53.9 Å². The number of hydrogen-bond donors (Lipinski definition) is 0. The lowest BCUT2D eigenvalue weighted by molar-refractivity contribution is -0.135. The third-order valence-electron chi connectivity index (χ3n) is 9.86. The molecule has 2 amide bonds. The smallest absolute Gasteiger partial charge is 0.242 e. The Bertz CT molecular complexity index is 1530. The van der Waals surface area contributed by atoms with Crippen LogP contribution in [-0.2, 0) is 29.0 Å². The van der Waals surface area contributed by atoms with Crippen LogP contribution in [-0.4, -0.2) is 62.3 Å². The molecule has 0 bridgehead atoms. The molecule has 2 fully saturated rings. The fourth-order valence-corrected chi connectivity index (χ4v) is 8.72. The van der Waals surface area contributed by atoms with Crippen molar-refractivity contribution >= 4 is 55.3 Å². The van der Waals surface area contributed by atoms with Gasteiger partial charge in [0.05, 0.1) is 17.7 Å². The Kier molecular flexibility index (Phi) is 9.32. The minimum Gasteiger partial charge on any atom is -0.343 e. The van der Waals surface area contributed by atoms with E-state index < -0.39 is 0 Å². The lowest BCUT2D eigenvalue weighted by atomic mass is 9.76. The highest BCUT2D eigenvalue weighted by Crippen LogP contribution is 2.46. The summed E-state index contributed by atoms with van der Waals surface area (Å²) in [6.07, 6.45) is 9.74. The number of aryl methyl sites for hydroxylation is 3. The van der Waals surface area contributed by atoms with Gasteiger partial charge < -0.3 is 14.4 Å². The highest BCUT2D eigenvalue weighted by Gasteiger charge is 2.37. The monoisotopic (exact) mass is 729 g/mol. The maximum absolute atomic E-state index is 13.4. The maximum atomic E-state index is 13.4. The van der Waals surface area contributed by atoms with Crippen LogP contribution in [0, 0.1) is 25.7 Å². The van der Waals surface area contributed by atoms with Crippen molar-refractivity contribution in [3.8, 4) is 0 Å². The zero-order valence-electron chi connectivity index (χ0n) is 24.8. The highest BCUT2D eigenvalue weighted by molar-refractivity contribution is 9.10. The maximum Gasteiger partial charge on any atom is 0.242 e. The number of fused-ring (bicyclic) bond motifs is 2. The number of carbonyl (C=O) groups is 2. The molecule has 0 saturated carbocycles. The Morgan fingerprint density at radius 1 is 0.907 bits per heavy atom. The summed E-state index contributed by atoms with van der Waals surface area (Å²) in [5.74, 6) is 1.27. The molecule has 2 saturated heterocycles. The number of amides is 2. The first-order valence-corrected chi connectivity index (χ1v) is 17.3. The fraction of sp³-hybridized carbons (Fsp3) is 0.515. The van der Waals surface area contributed by atoms with Crippen LogP contribution < -0.4 is 0 Å². The highest BCUT2D eigenvalue weighted by atomic mass is 79.9. The van der Waals surface area contributed by atoms with Gasteiger partial charge in [0.15, 0.2) is 0 Å². The average Bonchev–Trinajstić information content (AvgIpc) is 3.20. The summed E-state index contributed by atoms with van der Waals surface area (Å²) in [6, 6.07) is 6.34. The lowest BCUT2D eigenvalue weighted by Gasteiger charge is -2.38. The zero-order valence-corrected chi connectivity index (χ0v) is 28.7. The second-order valence-corrected chi connectivity index (χ2v) is 14.6. The average molecular weight is 732 g/mol. The molecule has 4 heterocycles. The second kappa shape index (κ2) is 13.0. The SMILES string of the molecule is Cc1ncn(CC(=O)N2CCC(CC(=O)N3CCC([C@H]4c5ncc(Br)cc5CCc5cc(Cl)cc(Br)c54)CC3)CC2)c1C. The number of halogens is 3. The first-order chi connectivity index (χ1) is 20.7. The number of likely N-dealkylation sites (tertiary alicyclic amines) is 2. The van der Waals surface area contributed by atoms with Crippen molar-refractivity contribution in [1.82, 2.24) is 24.3 Å². The molecular weight excluding hydrogens is 694 g/mol. The molecule has 1 atom stereocenters. The third kappa shape index (κ3) is 6.59. The van der Waals surface area contributed by atoms with Crippen molar-refractivity contribution in [2.45, 2.75) is 71.3 Å². The van der Waals surface area contributed by atoms with Gasteiger partial charge in [0.2, 0.25) is 11.8 Å². The number of carbonyl (C=O) groups excluding carboxylic acids is 2. The predicted molar refractivity (Wildman–Crippen MR) is 175 cm³/mol. The lowest BCUT2D eigenvalue weighted by Crippen LogP contribution is -2.43. The minimum atomic E-state index is 0.129. The largest absolute Gasteiger partial charge is 0.343 e. The molecule has 2 aromatic heterocycles. The van der Waals surface area contributed by atoms with Gasteiger partial charge in [-0.25, -0.2) is 4.98 Å². The second-order valence-electron chi connectivity index (χ2n) is 12.4. The summed E-state index contributed by atoms with van der Waals surface area (Å²) >= 11 is 14.0. The van der Waals surface area contributed by atoms with Gasteiger partial charge in [0.25, 0.3) is 0 Å². The van der Waals surface area contributed by atoms with Crippen LogP contribution in [0.15, 0.2) is 39.7 Å². The van der Waals surface area contributed by atoms with Gasteiger partial charge >= 0.3 is 0 Å². The topological polar surface area (TPSA) is 71.3 Å². The van der Waals surface area contributed by atoms with Gasteiger partial charge in [-0.1, -0.05) is 27.5 Å². The molecule has 3 aliphatic rings. The van der Waals surface area contributed by atoms with Crippen LogP contribution in [0.25, 0.3) is 0 Å². The molecule has 0 N–H and O–H groups in total. The molecule has 0 spiro atoms. The molecule has 1 aliphatic carbocycles. The number of aromatic nitrogens is 3. The molecule has 1 aromatic carbocycles. The number of hydrogen-bond acceptors (Lipinski definition) is 4. The predicted octanol–water partition coefficient (Wildman–Crippen LogP) is 6.87. The standard InChI is InChI=1S/C33H38Br2ClN5O2/c1-20-21(2)41(19-38-20)18-30(43)40-9-5-22(6-10-40)13-29(42)39-11-7-23(8-12-39)32-31-24(15-27(36)16-28(31)35)3-4-25-14-26(34)17-37-33(25)32/h14-17,19,22-23,32H,3-13,18H2,1-2H3/t32-/m1/s1. The normalized spacial score (nSPS) is 19.6. The van der Waals surface area contributed by atoms with E-state index in [1.165, 1.54) is 16.7 Å². The Morgan fingerprint density at radius 3 is 2.28 bits per heavy atom. The van der Waals surface area contributed by atoms with Crippen molar-refractivity contribution in [1.29, 1.82) is 0 Å². The Morgan fingerprint density at radius 2 is 1.58 bits per heavy atom. The quantitative estimate of drug-likeness (QED) is 0.287. The van der Waals surface area contributed by atoms with E-state index in [1.807, 2.05) is 35.6 Å². The molecule has 3 aromatic rings. The van der Waals surface area contributed by atoms with Gasteiger partial charge in [-0.2, -0.15) is 0 Å². The summed E-state index contributed by atoms with van der Waals surface area (Å²) in [5, 5.41) is 0.753. The van der Waals surface area contributed by atoms with Crippen LogP contribution in [0.1, 0.15) is 71.8 Å². The van der Waals surface area contributed by atoms with Crippen molar-refractivity contribution in [3.05, 3.63) is 78.5 Å². The van der Waals surface area contributed by atoms with E-state index in [0.717, 1.165) is 82.7 Å². The van der Waals surface area contributed by atoms with Crippen molar-refractivity contribution < 1.29 is 9.59 Å². The Balaban J connectivity index is 1.06. The molecule has 0 radical (unpaired) electrons. The van der Waals surface area contributed by atoms with Gasteiger partial charge in [-0.05, 0) is 115 Å². The van der Waals surface area contributed by atoms with E-state index in [0.29, 0.717) is 37.9 Å².